The lowest BCUT2D eigenvalue weighted by atomic mass is 10.1. The highest BCUT2D eigenvalue weighted by atomic mass is 16.4. The second-order valence-corrected chi connectivity index (χ2v) is 5.52. The Morgan fingerprint density at radius 2 is 1.86 bits per heavy atom. The lowest BCUT2D eigenvalue weighted by molar-refractivity contribution is 0.562. The van der Waals surface area contributed by atoms with E-state index in [9.17, 15) is 4.79 Å². The maximum atomic E-state index is 11.7. The van der Waals surface area contributed by atoms with E-state index in [4.69, 9.17) is 8.83 Å². The molecule has 0 unspecified atom stereocenters. The van der Waals surface area contributed by atoms with Gasteiger partial charge in [0.1, 0.15) is 11.3 Å². The van der Waals surface area contributed by atoms with E-state index in [-0.39, 0.29) is 5.63 Å². The Kier molecular flexibility index (Phi) is 2.54. The Morgan fingerprint density at radius 3 is 2.59 bits per heavy atom. The third kappa shape index (κ3) is 1.72. The van der Waals surface area contributed by atoms with Gasteiger partial charge in [0.05, 0.1) is 17.3 Å². The topological polar surface area (TPSA) is 61.2 Å². The van der Waals surface area contributed by atoms with Gasteiger partial charge in [0, 0.05) is 17.1 Å². The van der Waals surface area contributed by atoms with Crippen molar-refractivity contribution in [3.8, 4) is 5.69 Å². The van der Waals surface area contributed by atoms with Gasteiger partial charge in [-0.25, -0.2) is 9.48 Å². The smallest absolute Gasteiger partial charge is 0.336 e. The lowest BCUT2D eigenvalue weighted by Crippen LogP contribution is -2.02. The molecule has 0 bridgehead atoms. The second kappa shape index (κ2) is 4.34. The first kappa shape index (κ1) is 12.9. The van der Waals surface area contributed by atoms with Crippen molar-refractivity contribution in [3.05, 3.63) is 57.9 Å². The van der Waals surface area contributed by atoms with Gasteiger partial charge in [-0.1, -0.05) is 0 Å². The van der Waals surface area contributed by atoms with E-state index in [0.29, 0.717) is 11.2 Å². The van der Waals surface area contributed by atoms with Crippen molar-refractivity contribution in [1.82, 2.24) is 9.78 Å². The number of furan rings is 1. The highest BCUT2D eigenvalue weighted by molar-refractivity contribution is 6.06. The van der Waals surface area contributed by atoms with Crippen molar-refractivity contribution < 1.29 is 8.83 Å². The molecule has 0 radical (unpaired) electrons. The average molecular weight is 294 g/mol. The van der Waals surface area contributed by atoms with Gasteiger partial charge in [-0.15, -0.1) is 0 Å². The highest BCUT2D eigenvalue weighted by Gasteiger charge is 2.16. The molecular formula is C17H14N2O3. The molecule has 0 saturated heterocycles. The molecule has 0 N–H and O–H groups in total. The third-order valence-corrected chi connectivity index (χ3v) is 3.87. The first-order chi connectivity index (χ1) is 10.5. The summed E-state index contributed by atoms with van der Waals surface area (Å²) in [5.41, 5.74) is 4.53. The summed E-state index contributed by atoms with van der Waals surface area (Å²) in [6.07, 6.45) is 1.60. The average Bonchev–Trinajstić information content (AvgIpc) is 3.05. The molecule has 0 aliphatic rings. The summed E-state index contributed by atoms with van der Waals surface area (Å²) < 4.78 is 12.9. The van der Waals surface area contributed by atoms with Crippen LogP contribution in [0.15, 0.2) is 44.2 Å². The van der Waals surface area contributed by atoms with Crippen molar-refractivity contribution in [2.75, 3.05) is 0 Å². The van der Waals surface area contributed by atoms with E-state index in [2.05, 4.69) is 5.10 Å². The van der Waals surface area contributed by atoms with Crippen LogP contribution in [-0.2, 0) is 0 Å². The number of nitrogens with zero attached hydrogens (tertiary/aromatic N) is 2. The predicted octanol–water partition coefficient (Wildman–Crippen LogP) is 3.65. The molecule has 0 aliphatic heterocycles. The zero-order valence-electron chi connectivity index (χ0n) is 12.5. The van der Waals surface area contributed by atoms with Crippen LogP contribution in [-0.4, -0.2) is 9.78 Å². The van der Waals surface area contributed by atoms with E-state index in [1.54, 1.807) is 6.26 Å². The molecule has 4 rings (SSSR count). The predicted molar refractivity (Wildman–Crippen MR) is 83.6 cm³/mol. The fourth-order valence-electron chi connectivity index (χ4n) is 2.92. The van der Waals surface area contributed by atoms with Crippen molar-refractivity contribution in [2.24, 2.45) is 0 Å². The molecule has 4 aromatic rings. The quantitative estimate of drug-likeness (QED) is 0.503. The van der Waals surface area contributed by atoms with E-state index >= 15 is 0 Å². The molecule has 1 aromatic carbocycles. The lowest BCUT2D eigenvalue weighted by Gasteiger charge is -2.08. The minimum atomic E-state index is -0.355. The van der Waals surface area contributed by atoms with Gasteiger partial charge in [-0.2, -0.15) is 5.10 Å². The van der Waals surface area contributed by atoms with Gasteiger partial charge >= 0.3 is 5.63 Å². The Hall–Kier alpha value is -2.82. The third-order valence-electron chi connectivity index (χ3n) is 3.87. The molecule has 0 saturated carbocycles. The summed E-state index contributed by atoms with van der Waals surface area (Å²) in [7, 11) is 0. The fraction of sp³-hybridized carbons (Fsp3) is 0.176. The van der Waals surface area contributed by atoms with E-state index < -0.39 is 0 Å². The monoisotopic (exact) mass is 294 g/mol. The molecular weight excluding hydrogens is 280 g/mol. The Morgan fingerprint density at radius 1 is 1.05 bits per heavy atom. The van der Waals surface area contributed by atoms with Gasteiger partial charge in [0.15, 0.2) is 5.58 Å². The number of hydrogen-bond acceptors (Lipinski definition) is 4. The molecule has 3 aromatic heterocycles. The summed E-state index contributed by atoms with van der Waals surface area (Å²) in [4.78, 5) is 11.7. The first-order valence-electron chi connectivity index (χ1n) is 7.03. The minimum absolute atomic E-state index is 0.355. The van der Waals surface area contributed by atoms with Gasteiger partial charge in [0.2, 0.25) is 0 Å². The molecule has 0 amide bonds. The van der Waals surface area contributed by atoms with Crippen LogP contribution in [0.1, 0.15) is 17.0 Å². The van der Waals surface area contributed by atoms with Crippen molar-refractivity contribution in [2.45, 2.75) is 20.8 Å². The molecule has 0 aliphatic carbocycles. The second-order valence-electron chi connectivity index (χ2n) is 5.52. The molecule has 0 atom stereocenters. The normalized spacial score (nSPS) is 11.6. The van der Waals surface area contributed by atoms with Crippen LogP contribution in [0.2, 0.25) is 0 Å². The number of rotatable bonds is 1. The summed E-state index contributed by atoms with van der Waals surface area (Å²) in [5.74, 6) is 0. The van der Waals surface area contributed by atoms with Gasteiger partial charge in [-0.3, -0.25) is 0 Å². The van der Waals surface area contributed by atoms with Crippen molar-refractivity contribution in [1.29, 1.82) is 0 Å². The van der Waals surface area contributed by atoms with Crippen molar-refractivity contribution in [3.63, 3.8) is 0 Å². The highest BCUT2D eigenvalue weighted by Crippen LogP contribution is 2.32. The molecule has 0 fully saturated rings. The molecule has 0 spiro atoms. The van der Waals surface area contributed by atoms with E-state index in [1.165, 1.54) is 6.07 Å². The van der Waals surface area contributed by atoms with Gasteiger partial charge < -0.3 is 8.83 Å². The van der Waals surface area contributed by atoms with E-state index in [1.807, 2.05) is 43.7 Å². The van der Waals surface area contributed by atoms with Crippen LogP contribution in [0.25, 0.3) is 27.6 Å². The first-order valence-corrected chi connectivity index (χ1v) is 7.03. The molecule has 22 heavy (non-hydrogen) atoms. The summed E-state index contributed by atoms with van der Waals surface area (Å²) in [6.45, 7) is 5.85. The van der Waals surface area contributed by atoms with Crippen LogP contribution in [0, 0.1) is 20.8 Å². The largest absolute Gasteiger partial charge is 0.462 e. The molecule has 5 heteroatoms. The molecule has 110 valence electrons. The number of hydrogen-bond donors (Lipinski definition) is 0. The number of fused-ring (bicyclic) bond motifs is 3. The van der Waals surface area contributed by atoms with Crippen LogP contribution >= 0.6 is 0 Å². The summed E-state index contributed by atoms with van der Waals surface area (Å²) in [5, 5.41) is 6.19. The maximum absolute atomic E-state index is 11.7. The molecule has 5 nitrogen and oxygen atoms in total. The van der Waals surface area contributed by atoms with E-state index in [0.717, 1.165) is 33.4 Å². The van der Waals surface area contributed by atoms with Crippen LogP contribution in [0.3, 0.4) is 0 Å². The Balaban J connectivity index is 2.21. The van der Waals surface area contributed by atoms with Crippen LogP contribution in [0.5, 0.6) is 0 Å². The zero-order valence-corrected chi connectivity index (χ0v) is 12.5. The number of benzene rings is 1. The van der Waals surface area contributed by atoms with Gasteiger partial charge in [-0.05, 0) is 44.5 Å². The fourth-order valence-corrected chi connectivity index (χ4v) is 2.92. The SMILES string of the molecule is Cc1cc(C)n(-c2cc3c(C)cc(=O)oc3c3ccoc23)n1. The standard InChI is InChI=1S/C17H14N2O3/c1-9-6-15(20)22-16-12-4-5-21-17(12)14(8-13(9)16)19-11(3)7-10(2)18-19/h4-8H,1-3H3. The zero-order chi connectivity index (χ0) is 15.4. The summed E-state index contributed by atoms with van der Waals surface area (Å²) >= 11 is 0. The summed E-state index contributed by atoms with van der Waals surface area (Å²) in [6, 6.07) is 7.28. The van der Waals surface area contributed by atoms with Crippen LogP contribution in [0.4, 0.5) is 0 Å². The number of aryl methyl sites for hydroxylation is 3. The molecule has 3 heterocycles. The Labute approximate surface area is 125 Å². The van der Waals surface area contributed by atoms with Gasteiger partial charge in [0.25, 0.3) is 0 Å². The number of aromatic nitrogens is 2. The van der Waals surface area contributed by atoms with Crippen LogP contribution < -0.4 is 5.63 Å². The van der Waals surface area contributed by atoms with Crippen molar-refractivity contribution >= 4 is 21.9 Å². The maximum Gasteiger partial charge on any atom is 0.336 e. The minimum Gasteiger partial charge on any atom is -0.462 e. The Bertz CT molecular complexity index is 1080.